The fraction of sp³-hybridized carbons (Fsp3) is 0.917. The van der Waals surface area contributed by atoms with Crippen LogP contribution < -0.4 is 5.73 Å². The van der Waals surface area contributed by atoms with Gasteiger partial charge >= 0.3 is 0 Å². The minimum atomic E-state index is 0.0712. The molecule has 1 amide bonds. The fourth-order valence-electron chi connectivity index (χ4n) is 1.53. The standard InChI is InChI=1S/C12H27N3O/c1-6-7-15(8-11(16)14(4)5)10-12(2,3)9-13/h6-10,13H2,1-5H3. The third-order valence-corrected chi connectivity index (χ3v) is 2.60. The molecule has 0 saturated heterocycles. The van der Waals surface area contributed by atoms with E-state index in [1.807, 2.05) is 0 Å². The van der Waals surface area contributed by atoms with Gasteiger partial charge in [-0.05, 0) is 24.9 Å². The largest absolute Gasteiger partial charge is 0.348 e. The Kier molecular flexibility index (Phi) is 6.60. The van der Waals surface area contributed by atoms with Crippen LogP contribution in [0.15, 0.2) is 0 Å². The first kappa shape index (κ1) is 15.4. The van der Waals surface area contributed by atoms with E-state index in [0.29, 0.717) is 13.1 Å². The van der Waals surface area contributed by atoms with Crippen LogP contribution in [0.5, 0.6) is 0 Å². The maximum absolute atomic E-state index is 11.7. The maximum atomic E-state index is 11.7. The Morgan fingerprint density at radius 1 is 1.31 bits per heavy atom. The lowest BCUT2D eigenvalue weighted by Gasteiger charge is -2.31. The van der Waals surface area contributed by atoms with Crippen LogP contribution in [0.1, 0.15) is 27.2 Å². The highest BCUT2D eigenvalue weighted by molar-refractivity contribution is 5.77. The van der Waals surface area contributed by atoms with Gasteiger partial charge in [-0.2, -0.15) is 0 Å². The minimum absolute atomic E-state index is 0.0712. The van der Waals surface area contributed by atoms with Crippen LogP contribution in [0, 0.1) is 5.41 Å². The predicted octanol–water partition coefficient (Wildman–Crippen LogP) is 0.772. The zero-order valence-corrected chi connectivity index (χ0v) is 11.4. The molecule has 0 bridgehead atoms. The van der Waals surface area contributed by atoms with E-state index in [1.54, 1.807) is 19.0 Å². The van der Waals surface area contributed by atoms with Crippen molar-refractivity contribution in [1.82, 2.24) is 9.80 Å². The molecule has 0 aromatic heterocycles. The number of likely N-dealkylation sites (N-methyl/N-ethyl adjacent to an activating group) is 1. The first-order valence-electron chi connectivity index (χ1n) is 5.95. The smallest absolute Gasteiger partial charge is 0.236 e. The lowest BCUT2D eigenvalue weighted by atomic mass is 9.93. The summed E-state index contributed by atoms with van der Waals surface area (Å²) in [4.78, 5) is 15.5. The SMILES string of the molecule is CCCN(CC(=O)N(C)C)CC(C)(C)CN. The molecule has 0 aromatic rings. The number of nitrogens with zero attached hydrogens (tertiary/aromatic N) is 2. The van der Waals surface area contributed by atoms with Crippen LogP contribution in [0.2, 0.25) is 0 Å². The number of amides is 1. The van der Waals surface area contributed by atoms with E-state index < -0.39 is 0 Å². The van der Waals surface area contributed by atoms with Crippen LogP contribution in [0.4, 0.5) is 0 Å². The van der Waals surface area contributed by atoms with E-state index in [4.69, 9.17) is 5.73 Å². The second kappa shape index (κ2) is 6.86. The van der Waals surface area contributed by atoms with Crippen molar-refractivity contribution in [1.29, 1.82) is 0 Å². The third-order valence-electron chi connectivity index (χ3n) is 2.60. The molecule has 0 saturated carbocycles. The monoisotopic (exact) mass is 229 g/mol. The van der Waals surface area contributed by atoms with Crippen molar-refractivity contribution in [2.24, 2.45) is 11.1 Å². The molecule has 0 rings (SSSR count). The molecule has 4 heteroatoms. The molecule has 96 valence electrons. The zero-order chi connectivity index (χ0) is 12.8. The number of nitrogens with two attached hydrogens (primary N) is 1. The normalized spacial score (nSPS) is 11.9. The highest BCUT2D eigenvalue weighted by atomic mass is 16.2. The average Bonchev–Trinajstić information content (AvgIpc) is 2.17. The van der Waals surface area contributed by atoms with Crippen molar-refractivity contribution in [3.8, 4) is 0 Å². The van der Waals surface area contributed by atoms with Crippen molar-refractivity contribution in [3.05, 3.63) is 0 Å². The lowest BCUT2D eigenvalue weighted by molar-refractivity contribution is -0.130. The third kappa shape index (κ3) is 6.08. The summed E-state index contributed by atoms with van der Waals surface area (Å²) in [7, 11) is 3.58. The molecule has 16 heavy (non-hydrogen) atoms. The summed E-state index contributed by atoms with van der Waals surface area (Å²) in [6.07, 6.45) is 1.06. The summed E-state index contributed by atoms with van der Waals surface area (Å²) in [5.74, 6) is 0.154. The van der Waals surface area contributed by atoms with E-state index >= 15 is 0 Å². The number of hydrogen-bond acceptors (Lipinski definition) is 3. The van der Waals surface area contributed by atoms with Crippen LogP contribution >= 0.6 is 0 Å². The molecule has 2 N–H and O–H groups in total. The van der Waals surface area contributed by atoms with Gasteiger partial charge in [-0.25, -0.2) is 0 Å². The Balaban J connectivity index is 4.33. The Bertz CT molecular complexity index is 214. The summed E-state index contributed by atoms with van der Waals surface area (Å²) in [5.41, 5.74) is 5.79. The van der Waals surface area contributed by atoms with E-state index in [1.165, 1.54) is 0 Å². The number of rotatable bonds is 7. The van der Waals surface area contributed by atoms with Gasteiger partial charge in [-0.1, -0.05) is 20.8 Å². The van der Waals surface area contributed by atoms with Gasteiger partial charge in [0.15, 0.2) is 0 Å². The van der Waals surface area contributed by atoms with E-state index in [9.17, 15) is 4.79 Å². The van der Waals surface area contributed by atoms with Gasteiger partial charge in [-0.3, -0.25) is 9.69 Å². The van der Waals surface area contributed by atoms with Gasteiger partial charge in [0.05, 0.1) is 6.54 Å². The molecule has 0 unspecified atom stereocenters. The van der Waals surface area contributed by atoms with Crippen LogP contribution in [-0.4, -0.2) is 56.0 Å². The Morgan fingerprint density at radius 3 is 2.25 bits per heavy atom. The summed E-state index contributed by atoms with van der Waals surface area (Å²) in [5, 5.41) is 0. The summed E-state index contributed by atoms with van der Waals surface area (Å²) in [6.45, 7) is 9.35. The Morgan fingerprint density at radius 2 is 1.88 bits per heavy atom. The molecular formula is C12H27N3O. The van der Waals surface area contributed by atoms with Crippen LogP contribution in [0.25, 0.3) is 0 Å². The molecule has 0 aliphatic carbocycles. The summed E-state index contributed by atoms with van der Waals surface area (Å²) in [6, 6.07) is 0. The molecule has 0 radical (unpaired) electrons. The molecule has 0 atom stereocenters. The molecule has 4 nitrogen and oxygen atoms in total. The predicted molar refractivity (Wildman–Crippen MR) is 68.3 cm³/mol. The van der Waals surface area contributed by atoms with Crippen LogP contribution in [-0.2, 0) is 4.79 Å². The summed E-state index contributed by atoms with van der Waals surface area (Å²) >= 11 is 0. The molecule has 0 fully saturated rings. The topological polar surface area (TPSA) is 49.6 Å². The van der Waals surface area contributed by atoms with Gasteiger partial charge in [0.2, 0.25) is 5.91 Å². The quantitative estimate of drug-likeness (QED) is 0.701. The van der Waals surface area contributed by atoms with Gasteiger partial charge < -0.3 is 10.6 Å². The summed E-state index contributed by atoms with van der Waals surface area (Å²) < 4.78 is 0. The van der Waals surface area contributed by atoms with Gasteiger partial charge in [0.25, 0.3) is 0 Å². The molecule has 0 aliphatic rings. The van der Waals surface area contributed by atoms with Gasteiger partial charge in [-0.15, -0.1) is 0 Å². The zero-order valence-electron chi connectivity index (χ0n) is 11.4. The lowest BCUT2D eigenvalue weighted by Crippen LogP contribution is -2.43. The molecule has 0 heterocycles. The second-order valence-corrected chi connectivity index (χ2v) is 5.37. The molecule has 0 spiro atoms. The van der Waals surface area contributed by atoms with Crippen molar-refractivity contribution < 1.29 is 4.79 Å². The fourth-order valence-corrected chi connectivity index (χ4v) is 1.53. The molecule has 0 aromatic carbocycles. The van der Waals surface area contributed by atoms with Crippen molar-refractivity contribution in [2.45, 2.75) is 27.2 Å². The molecular weight excluding hydrogens is 202 g/mol. The highest BCUT2D eigenvalue weighted by Crippen LogP contribution is 2.15. The van der Waals surface area contributed by atoms with Crippen molar-refractivity contribution in [3.63, 3.8) is 0 Å². The van der Waals surface area contributed by atoms with Crippen molar-refractivity contribution >= 4 is 5.91 Å². The van der Waals surface area contributed by atoms with Crippen molar-refractivity contribution in [2.75, 3.05) is 40.3 Å². The second-order valence-electron chi connectivity index (χ2n) is 5.37. The van der Waals surface area contributed by atoms with Gasteiger partial charge in [0.1, 0.15) is 0 Å². The minimum Gasteiger partial charge on any atom is -0.348 e. The first-order valence-corrected chi connectivity index (χ1v) is 5.95. The maximum Gasteiger partial charge on any atom is 0.236 e. The average molecular weight is 229 g/mol. The Labute approximate surface area is 99.8 Å². The number of carbonyl (C=O) groups is 1. The number of carbonyl (C=O) groups excluding carboxylic acids is 1. The van der Waals surface area contributed by atoms with Gasteiger partial charge in [0, 0.05) is 20.6 Å². The Hall–Kier alpha value is -0.610. The first-order chi connectivity index (χ1) is 7.32. The van der Waals surface area contributed by atoms with E-state index in [-0.39, 0.29) is 11.3 Å². The molecule has 0 aliphatic heterocycles. The highest BCUT2D eigenvalue weighted by Gasteiger charge is 2.21. The van der Waals surface area contributed by atoms with Crippen LogP contribution in [0.3, 0.4) is 0 Å². The van der Waals surface area contributed by atoms with E-state index in [0.717, 1.165) is 19.5 Å². The van der Waals surface area contributed by atoms with E-state index in [2.05, 4.69) is 25.7 Å². The number of hydrogen-bond donors (Lipinski definition) is 1.